The Labute approximate surface area is 275 Å². The van der Waals surface area contributed by atoms with Gasteiger partial charge in [-0.3, -0.25) is 0 Å². The zero-order chi connectivity index (χ0) is 31.3. The fraction of sp³-hybridized carbons (Fsp3) is 0.684. The molecule has 0 saturated carbocycles. The SMILES string of the molecule is CCCCCCCCCCC(C)Oc1nc2c3cc(C)sc3c3sc(C)cc3c2nc1OC(C)CCCCCCCCCC. The molecule has 3 aromatic heterocycles. The standard InChI is InChI=1S/C38H58N2O2S2/c1-7-9-11-13-15-17-19-21-23-27(3)41-37-38(42-28(4)24-22-20-18-16-14-12-10-8-2)40-34-32-26-30(6)44-36(32)35-31(33(34)39-37)25-29(5)43-35/h25-28H,7-24H2,1-6H3. The molecule has 0 aliphatic rings. The van der Waals surface area contributed by atoms with Gasteiger partial charge in [-0.2, -0.15) is 0 Å². The third kappa shape index (κ3) is 10.0. The van der Waals surface area contributed by atoms with Crippen molar-refractivity contribution in [2.24, 2.45) is 0 Å². The van der Waals surface area contributed by atoms with E-state index in [0.29, 0.717) is 11.8 Å². The quantitative estimate of drug-likeness (QED) is 0.0803. The molecule has 0 radical (unpaired) electrons. The van der Waals surface area contributed by atoms with Gasteiger partial charge in [0.05, 0.1) is 21.6 Å². The predicted octanol–water partition coefficient (Wildman–Crippen LogP) is 13.3. The molecule has 244 valence electrons. The number of benzene rings is 1. The molecule has 0 amide bonds. The third-order valence-electron chi connectivity index (χ3n) is 8.82. The van der Waals surface area contributed by atoms with Crippen molar-refractivity contribution in [1.29, 1.82) is 0 Å². The van der Waals surface area contributed by atoms with Crippen molar-refractivity contribution < 1.29 is 9.47 Å². The molecule has 4 rings (SSSR count). The summed E-state index contributed by atoms with van der Waals surface area (Å²) in [7, 11) is 0. The van der Waals surface area contributed by atoms with E-state index in [1.54, 1.807) is 0 Å². The molecule has 0 bridgehead atoms. The van der Waals surface area contributed by atoms with Gasteiger partial charge in [0.25, 0.3) is 11.8 Å². The summed E-state index contributed by atoms with van der Waals surface area (Å²) in [5.41, 5.74) is 1.87. The highest BCUT2D eigenvalue weighted by Crippen LogP contribution is 2.43. The van der Waals surface area contributed by atoms with Crippen LogP contribution in [0.5, 0.6) is 11.8 Å². The van der Waals surface area contributed by atoms with Crippen LogP contribution in [0.25, 0.3) is 31.2 Å². The average Bonchev–Trinajstić information content (AvgIpc) is 3.58. The van der Waals surface area contributed by atoms with E-state index in [0.717, 1.165) is 23.9 Å². The van der Waals surface area contributed by atoms with Crippen LogP contribution in [0.15, 0.2) is 12.1 Å². The Morgan fingerprint density at radius 2 is 0.886 bits per heavy atom. The molecule has 4 nitrogen and oxygen atoms in total. The molecule has 44 heavy (non-hydrogen) atoms. The van der Waals surface area contributed by atoms with Gasteiger partial charge in [0, 0.05) is 20.5 Å². The molecule has 0 aliphatic carbocycles. The van der Waals surface area contributed by atoms with Crippen LogP contribution >= 0.6 is 22.7 Å². The van der Waals surface area contributed by atoms with Crippen LogP contribution < -0.4 is 9.47 Å². The van der Waals surface area contributed by atoms with Crippen LogP contribution in [0.2, 0.25) is 0 Å². The lowest BCUT2D eigenvalue weighted by Crippen LogP contribution is -2.17. The highest BCUT2D eigenvalue weighted by atomic mass is 32.1. The first kappa shape index (κ1) is 34.9. The number of aryl methyl sites for hydroxylation is 2. The molecule has 2 unspecified atom stereocenters. The second-order valence-electron chi connectivity index (χ2n) is 13.1. The monoisotopic (exact) mass is 638 g/mol. The van der Waals surface area contributed by atoms with Gasteiger partial charge >= 0.3 is 0 Å². The second kappa shape index (κ2) is 18.3. The first-order valence-electron chi connectivity index (χ1n) is 17.9. The number of thiophene rings is 2. The number of unbranched alkanes of at least 4 members (excludes halogenated alkanes) is 14. The Morgan fingerprint density at radius 3 is 1.25 bits per heavy atom. The predicted molar refractivity (Wildman–Crippen MR) is 194 cm³/mol. The third-order valence-corrected chi connectivity index (χ3v) is 11.1. The van der Waals surface area contributed by atoms with Crippen molar-refractivity contribution in [2.45, 2.75) is 169 Å². The normalized spacial score (nSPS) is 13.3. The van der Waals surface area contributed by atoms with E-state index in [9.17, 15) is 0 Å². The van der Waals surface area contributed by atoms with Gasteiger partial charge in [0.1, 0.15) is 11.0 Å². The number of rotatable bonds is 22. The van der Waals surface area contributed by atoms with E-state index in [1.807, 2.05) is 22.7 Å². The van der Waals surface area contributed by atoms with Crippen LogP contribution in [0.1, 0.15) is 153 Å². The lowest BCUT2D eigenvalue weighted by atomic mass is 10.1. The van der Waals surface area contributed by atoms with E-state index in [2.05, 4.69) is 53.7 Å². The lowest BCUT2D eigenvalue weighted by molar-refractivity contribution is 0.157. The Morgan fingerprint density at radius 1 is 0.545 bits per heavy atom. The first-order valence-corrected chi connectivity index (χ1v) is 19.5. The Balaban J connectivity index is 1.48. The van der Waals surface area contributed by atoms with Gasteiger partial charge in [0.15, 0.2) is 0 Å². The van der Waals surface area contributed by atoms with Crippen LogP contribution in [0.3, 0.4) is 0 Å². The summed E-state index contributed by atoms with van der Waals surface area (Å²) in [6, 6.07) is 4.54. The Kier molecular flexibility index (Phi) is 14.5. The molecule has 0 aliphatic heterocycles. The first-order chi connectivity index (χ1) is 21.4. The van der Waals surface area contributed by atoms with Crippen molar-refractivity contribution in [3.8, 4) is 11.8 Å². The van der Waals surface area contributed by atoms with Gasteiger partial charge < -0.3 is 9.47 Å². The molecular formula is C38H58N2O2S2. The summed E-state index contributed by atoms with van der Waals surface area (Å²) in [5.74, 6) is 1.12. The van der Waals surface area contributed by atoms with Gasteiger partial charge in [-0.25, -0.2) is 9.97 Å². The number of aromatic nitrogens is 2. The summed E-state index contributed by atoms with van der Waals surface area (Å²) in [6.07, 6.45) is 23.3. The number of ether oxygens (including phenoxy) is 2. The van der Waals surface area contributed by atoms with Gasteiger partial charge in [-0.05, 0) is 65.5 Å². The van der Waals surface area contributed by atoms with E-state index in [4.69, 9.17) is 19.4 Å². The van der Waals surface area contributed by atoms with E-state index >= 15 is 0 Å². The maximum atomic E-state index is 6.58. The number of fused-ring (bicyclic) bond motifs is 6. The summed E-state index contributed by atoms with van der Waals surface area (Å²) in [6.45, 7) is 13.3. The molecule has 0 saturated heterocycles. The Hall–Kier alpha value is -1.92. The summed E-state index contributed by atoms with van der Waals surface area (Å²) in [4.78, 5) is 13.0. The minimum Gasteiger partial charge on any atom is -0.471 e. The summed E-state index contributed by atoms with van der Waals surface area (Å²) in [5, 5.41) is 2.37. The van der Waals surface area contributed by atoms with E-state index in [-0.39, 0.29) is 12.2 Å². The molecule has 2 atom stereocenters. The minimum atomic E-state index is 0.0685. The largest absolute Gasteiger partial charge is 0.471 e. The highest BCUT2D eigenvalue weighted by molar-refractivity contribution is 7.27. The number of hydrogen-bond acceptors (Lipinski definition) is 6. The molecule has 4 aromatic rings. The molecular weight excluding hydrogens is 581 g/mol. The zero-order valence-electron chi connectivity index (χ0n) is 28.6. The average molecular weight is 639 g/mol. The summed E-state index contributed by atoms with van der Waals surface area (Å²) >= 11 is 3.71. The van der Waals surface area contributed by atoms with Crippen LogP contribution in [-0.4, -0.2) is 22.2 Å². The zero-order valence-corrected chi connectivity index (χ0v) is 30.2. The maximum Gasteiger partial charge on any atom is 0.279 e. The fourth-order valence-electron chi connectivity index (χ4n) is 6.28. The van der Waals surface area contributed by atoms with Crippen molar-refractivity contribution in [3.63, 3.8) is 0 Å². The molecule has 6 heteroatoms. The smallest absolute Gasteiger partial charge is 0.279 e. The van der Waals surface area contributed by atoms with Gasteiger partial charge in [-0.15, -0.1) is 22.7 Å². The second-order valence-corrected chi connectivity index (χ2v) is 15.6. The molecule has 1 aromatic carbocycles. The molecule has 3 heterocycles. The van der Waals surface area contributed by atoms with Crippen molar-refractivity contribution >= 4 is 53.9 Å². The van der Waals surface area contributed by atoms with Gasteiger partial charge in [0.2, 0.25) is 0 Å². The van der Waals surface area contributed by atoms with Crippen LogP contribution in [-0.2, 0) is 0 Å². The minimum absolute atomic E-state index is 0.0685. The Bertz CT molecular complexity index is 1320. The lowest BCUT2D eigenvalue weighted by Gasteiger charge is -2.20. The highest BCUT2D eigenvalue weighted by Gasteiger charge is 2.22. The fourth-order valence-corrected chi connectivity index (χ4v) is 8.47. The van der Waals surface area contributed by atoms with Gasteiger partial charge in [-0.1, -0.05) is 104 Å². The topological polar surface area (TPSA) is 44.2 Å². The van der Waals surface area contributed by atoms with E-state index < -0.39 is 0 Å². The van der Waals surface area contributed by atoms with E-state index in [1.165, 1.54) is 133 Å². The van der Waals surface area contributed by atoms with Crippen molar-refractivity contribution in [3.05, 3.63) is 21.9 Å². The number of nitrogens with zero attached hydrogens (tertiary/aromatic N) is 2. The van der Waals surface area contributed by atoms with Crippen molar-refractivity contribution in [2.75, 3.05) is 0 Å². The van der Waals surface area contributed by atoms with Crippen LogP contribution in [0.4, 0.5) is 0 Å². The van der Waals surface area contributed by atoms with Crippen molar-refractivity contribution in [1.82, 2.24) is 9.97 Å². The summed E-state index contributed by atoms with van der Waals surface area (Å²) < 4.78 is 15.8. The molecule has 0 spiro atoms. The molecule has 0 N–H and O–H groups in total. The molecule has 0 fully saturated rings. The number of hydrogen-bond donors (Lipinski definition) is 0. The maximum absolute atomic E-state index is 6.58. The van der Waals surface area contributed by atoms with Crippen LogP contribution in [0, 0.1) is 13.8 Å².